The van der Waals surface area contributed by atoms with E-state index in [0.29, 0.717) is 0 Å². The summed E-state index contributed by atoms with van der Waals surface area (Å²) in [6.07, 6.45) is 1.20. The maximum absolute atomic E-state index is 13.1. The molecule has 4 nitrogen and oxygen atoms in total. The van der Waals surface area contributed by atoms with Crippen LogP contribution < -0.4 is 5.73 Å². The number of carboxylic acids is 1. The third kappa shape index (κ3) is 3.45. The minimum atomic E-state index is -0.971. The SMILES string of the molecule is NC(CCC(=O)O)c1cc(Cl)cnc1F. The fraction of sp³-hybridized carbons (Fsp3) is 0.333. The van der Waals surface area contributed by atoms with Gasteiger partial charge in [-0.1, -0.05) is 11.6 Å². The Labute approximate surface area is 90.9 Å². The Morgan fingerprint density at radius 2 is 2.40 bits per heavy atom. The maximum atomic E-state index is 13.1. The lowest BCUT2D eigenvalue weighted by atomic mass is 10.0. The lowest BCUT2D eigenvalue weighted by Crippen LogP contribution is -2.14. The quantitative estimate of drug-likeness (QED) is 0.776. The van der Waals surface area contributed by atoms with Gasteiger partial charge in [-0.05, 0) is 12.5 Å². The highest BCUT2D eigenvalue weighted by Crippen LogP contribution is 2.21. The Morgan fingerprint density at radius 3 is 3.00 bits per heavy atom. The zero-order valence-corrected chi connectivity index (χ0v) is 8.54. The van der Waals surface area contributed by atoms with Gasteiger partial charge < -0.3 is 10.8 Å². The number of pyridine rings is 1. The van der Waals surface area contributed by atoms with E-state index >= 15 is 0 Å². The van der Waals surface area contributed by atoms with Gasteiger partial charge in [-0.25, -0.2) is 4.98 Å². The van der Waals surface area contributed by atoms with E-state index in [-0.39, 0.29) is 23.4 Å². The van der Waals surface area contributed by atoms with Gasteiger partial charge in [0.2, 0.25) is 5.95 Å². The number of hydrogen-bond acceptors (Lipinski definition) is 3. The van der Waals surface area contributed by atoms with E-state index in [4.69, 9.17) is 22.4 Å². The van der Waals surface area contributed by atoms with E-state index in [1.165, 1.54) is 12.3 Å². The first-order valence-electron chi connectivity index (χ1n) is 4.29. The van der Waals surface area contributed by atoms with Gasteiger partial charge in [-0.15, -0.1) is 0 Å². The fourth-order valence-corrected chi connectivity index (χ4v) is 1.30. The molecule has 0 bridgehead atoms. The van der Waals surface area contributed by atoms with Crippen LogP contribution in [0.2, 0.25) is 5.02 Å². The molecule has 0 amide bonds. The predicted molar refractivity (Wildman–Crippen MR) is 53.0 cm³/mol. The van der Waals surface area contributed by atoms with Gasteiger partial charge in [0.05, 0.1) is 5.02 Å². The molecule has 0 saturated carbocycles. The summed E-state index contributed by atoms with van der Waals surface area (Å²) in [6, 6.07) is 0.656. The number of hydrogen-bond donors (Lipinski definition) is 2. The number of carboxylic acid groups (broad SMARTS) is 1. The summed E-state index contributed by atoms with van der Waals surface area (Å²) in [7, 11) is 0. The number of nitrogens with zero attached hydrogens (tertiary/aromatic N) is 1. The van der Waals surface area contributed by atoms with Crippen LogP contribution in [-0.2, 0) is 4.79 Å². The normalized spacial score (nSPS) is 12.5. The van der Waals surface area contributed by atoms with Crippen LogP contribution in [0.3, 0.4) is 0 Å². The van der Waals surface area contributed by atoms with Crippen LogP contribution in [0.5, 0.6) is 0 Å². The number of aliphatic carboxylic acids is 1. The highest BCUT2D eigenvalue weighted by Gasteiger charge is 2.14. The van der Waals surface area contributed by atoms with E-state index in [2.05, 4.69) is 4.98 Å². The molecular formula is C9H10ClFN2O2. The van der Waals surface area contributed by atoms with Crippen molar-refractivity contribution in [1.82, 2.24) is 4.98 Å². The van der Waals surface area contributed by atoms with Crippen molar-refractivity contribution in [3.63, 3.8) is 0 Å². The predicted octanol–water partition coefficient (Wildman–Crippen LogP) is 1.74. The highest BCUT2D eigenvalue weighted by molar-refractivity contribution is 6.30. The van der Waals surface area contributed by atoms with Crippen LogP contribution in [0.1, 0.15) is 24.4 Å². The van der Waals surface area contributed by atoms with Crippen LogP contribution in [0.4, 0.5) is 4.39 Å². The second-order valence-corrected chi connectivity index (χ2v) is 3.51. The van der Waals surface area contributed by atoms with Crippen molar-refractivity contribution >= 4 is 17.6 Å². The van der Waals surface area contributed by atoms with Crippen LogP contribution in [0.25, 0.3) is 0 Å². The molecule has 0 aliphatic heterocycles. The largest absolute Gasteiger partial charge is 0.481 e. The molecule has 1 unspecified atom stereocenters. The van der Waals surface area contributed by atoms with E-state index < -0.39 is 18.0 Å². The molecule has 0 spiro atoms. The zero-order valence-electron chi connectivity index (χ0n) is 7.78. The molecule has 15 heavy (non-hydrogen) atoms. The molecule has 0 radical (unpaired) electrons. The topological polar surface area (TPSA) is 76.2 Å². The Hall–Kier alpha value is -1.20. The van der Waals surface area contributed by atoms with Gasteiger partial charge in [0, 0.05) is 24.2 Å². The minimum Gasteiger partial charge on any atom is -0.481 e. The van der Waals surface area contributed by atoms with E-state index in [1.807, 2.05) is 0 Å². The number of carbonyl (C=O) groups is 1. The molecule has 0 saturated heterocycles. The fourth-order valence-electron chi connectivity index (χ4n) is 1.13. The standard InChI is InChI=1S/C9H10ClFN2O2/c10-5-3-6(9(11)13-4-5)7(12)1-2-8(14)15/h3-4,7H,1-2,12H2,(H,14,15). The highest BCUT2D eigenvalue weighted by atomic mass is 35.5. The maximum Gasteiger partial charge on any atom is 0.303 e. The van der Waals surface area contributed by atoms with Crippen molar-refractivity contribution in [3.05, 3.63) is 28.8 Å². The van der Waals surface area contributed by atoms with Gasteiger partial charge >= 0.3 is 5.97 Å². The summed E-state index contributed by atoms with van der Waals surface area (Å²) in [5.41, 5.74) is 5.75. The molecule has 3 N–H and O–H groups in total. The van der Waals surface area contributed by atoms with Crippen molar-refractivity contribution in [2.45, 2.75) is 18.9 Å². The molecule has 1 rings (SSSR count). The summed E-state index contributed by atoms with van der Waals surface area (Å²) < 4.78 is 13.1. The first-order chi connectivity index (χ1) is 7.00. The summed E-state index contributed by atoms with van der Waals surface area (Å²) in [4.78, 5) is 13.7. The van der Waals surface area contributed by atoms with Gasteiger partial charge in [0.15, 0.2) is 0 Å². The summed E-state index contributed by atoms with van der Waals surface area (Å²) in [5.74, 6) is -1.68. The molecule has 1 aromatic rings. The van der Waals surface area contributed by atoms with Crippen LogP contribution in [0, 0.1) is 5.95 Å². The van der Waals surface area contributed by atoms with Crippen LogP contribution >= 0.6 is 11.6 Å². The van der Waals surface area contributed by atoms with Crippen LogP contribution in [-0.4, -0.2) is 16.1 Å². The second kappa shape index (κ2) is 5.04. The lowest BCUT2D eigenvalue weighted by Gasteiger charge is -2.10. The molecule has 1 aromatic heterocycles. The Kier molecular flexibility index (Phi) is 3.99. The lowest BCUT2D eigenvalue weighted by molar-refractivity contribution is -0.137. The zero-order chi connectivity index (χ0) is 11.4. The number of aromatic nitrogens is 1. The summed E-state index contributed by atoms with van der Waals surface area (Å²) in [6.45, 7) is 0. The molecule has 0 fully saturated rings. The molecule has 0 aliphatic rings. The van der Waals surface area contributed by atoms with Crippen molar-refractivity contribution in [1.29, 1.82) is 0 Å². The van der Waals surface area contributed by atoms with Crippen molar-refractivity contribution < 1.29 is 14.3 Å². The van der Waals surface area contributed by atoms with Crippen molar-refractivity contribution in [2.24, 2.45) is 5.73 Å². The molecule has 0 aliphatic carbocycles. The smallest absolute Gasteiger partial charge is 0.303 e. The molecule has 82 valence electrons. The Balaban J connectivity index is 2.76. The monoisotopic (exact) mass is 232 g/mol. The molecule has 1 heterocycles. The minimum absolute atomic E-state index is 0.118. The van der Waals surface area contributed by atoms with Gasteiger partial charge in [-0.2, -0.15) is 4.39 Å². The van der Waals surface area contributed by atoms with E-state index in [1.54, 1.807) is 0 Å². The third-order valence-electron chi connectivity index (χ3n) is 1.90. The molecule has 1 atom stereocenters. The Morgan fingerprint density at radius 1 is 1.73 bits per heavy atom. The summed E-state index contributed by atoms with van der Waals surface area (Å²) >= 11 is 5.62. The first kappa shape index (κ1) is 11.9. The molecule has 0 aromatic carbocycles. The van der Waals surface area contributed by atoms with Gasteiger partial charge in [0.1, 0.15) is 0 Å². The third-order valence-corrected chi connectivity index (χ3v) is 2.11. The van der Waals surface area contributed by atoms with Crippen LogP contribution in [0.15, 0.2) is 12.3 Å². The van der Waals surface area contributed by atoms with Crippen molar-refractivity contribution in [2.75, 3.05) is 0 Å². The van der Waals surface area contributed by atoms with Gasteiger partial charge in [-0.3, -0.25) is 4.79 Å². The van der Waals surface area contributed by atoms with Crippen molar-refractivity contribution in [3.8, 4) is 0 Å². The second-order valence-electron chi connectivity index (χ2n) is 3.07. The van der Waals surface area contributed by atoms with Gasteiger partial charge in [0.25, 0.3) is 0 Å². The average molecular weight is 233 g/mol. The molecule has 6 heteroatoms. The average Bonchev–Trinajstić information content (AvgIpc) is 2.18. The number of halogens is 2. The number of nitrogens with two attached hydrogens (primary N) is 1. The molecular weight excluding hydrogens is 223 g/mol. The number of rotatable bonds is 4. The van der Waals surface area contributed by atoms with E-state index in [9.17, 15) is 9.18 Å². The Bertz CT molecular complexity index is 373. The van der Waals surface area contributed by atoms with E-state index in [0.717, 1.165) is 0 Å². The first-order valence-corrected chi connectivity index (χ1v) is 4.67. The summed E-state index contributed by atoms with van der Waals surface area (Å²) in [5, 5.41) is 8.72.